The second-order valence-electron chi connectivity index (χ2n) is 6.74. The number of benzene rings is 2. The van der Waals surface area contributed by atoms with Crippen molar-refractivity contribution in [2.75, 3.05) is 11.9 Å². The van der Waals surface area contributed by atoms with Crippen molar-refractivity contribution in [1.82, 2.24) is 0 Å². The van der Waals surface area contributed by atoms with Crippen LogP contribution in [0.4, 0.5) is 5.69 Å². The zero-order chi connectivity index (χ0) is 20.7. The summed E-state index contributed by atoms with van der Waals surface area (Å²) in [6.07, 6.45) is -0.982. The number of rotatable bonds is 8. The first-order valence-corrected chi connectivity index (χ1v) is 9.11. The number of para-hydroxylation sites is 1. The molecule has 1 N–H and O–H groups in total. The van der Waals surface area contributed by atoms with E-state index in [1.54, 1.807) is 30.3 Å². The van der Waals surface area contributed by atoms with Gasteiger partial charge in [-0.25, -0.2) is 4.79 Å². The summed E-state index contributed by atoms with van der Waals surface area (Å²) >= 11 is 0. The Kier molecular flexibility index (Phi) is 7.32. The lowest BCUT2D eigenvalue weighted by atomic mass is 10.0. The van der Waals surface area contributed by atoms with Crippen LogP contribution in [0.15, 0.2) is 48.5 Å². The molecule has 148 valence electrons. The van der Waals surface area contributed by atoms with Crippen molar-refractivity contribution in [3.8, 4) is 5.75 Å². The van der Waals surface area contributed by atoms with E-state index in [9.17, 15) is 14.4 Å². The van der Waals surface area contributed by atoms with Gasteiger partial charge in [0.05, 0.1) is 0 Å². The van der Waals surface area contributed by atoms with Gasteiger partial charge in [-0.05, 0) is 55.7 Å². The van der Waals surface area contributed by atoms with E-state index in [4.69, 9.17) is 9.47 Å². The van der Waals surface area contributed by atoms with Crippen LogP contribution < -0.4 is 10.1 Å². The van der Waals surface area contributed by atoms with Crippen LogP contribution in [0.3, 0.4) is 0 Å². The number of amides is 1. The van der Waals surface area contributed by atoms with Gasteiger partial charge in [0.15, 0.2) is 18.5 Å². The van der Waals surface area contributed by atoms with E-state index in [1.165, 1.54) is 13.8 Å². The molecular weight excluding hydrogens is 358 g/mol. The van der Waals surface area contributed by atoms with Gasteiger partial charge in [-0.1, -0.05) is 32.0 Å². The Hall–Kier alpha value is -3.15. The molecule has 0 aliphatic rings. The van der Waals surface area contributed by atoms with E-state index in [2.05, 4.69) is 5.32 Å². The van der Waals surface area contributed by atoms with Crippen molar-refractivity contribution in [3.05, 3.63) is 59.7 Å². The van der Waals surface area contributed by atoms with Crippen LogP contribution in [0.1, 0.15) is 49.5 Å². The fourth-order valence-corrected chi connectivity index (χ4v) is 2.54. The first kappa shape index (κ1) is 21.2. The molecule has 0 saturated carbocycles. The van der Waals surface area contributed by atoms with E-state index >= 15 is 0 Å². The average molecular weight is 383 g/mol. The average Bonchev–Trinajstić information content (AvgIpc) is 2.66. The highest BCUT2D eigenvalue weighted by atomic mass is 16.6. The third-order valence-corrected chi connectivity index (χ3v) is 4.12. The second kappa shape index (κ2) is 9.69. The fraction of sp³-hybridized carbons (Fsp3) is 0.318. The number of ketones is 1. The van der Waals surface area contributed by atoms with Gasteiger partial charge in [0.25, 0.3) is 5.91 Å². The molecule has 2 rings (SSSR count). The van der Waals surface area contributed by atoms with Gasteiger partial charge in [0.1, 0.15) is 5.75 Å². The first-order chi connectivity index (χ1) is 13.3. The molecule has 1 amide bonds. The highest BCUT2D eigenvalue weighted by Crippen LogP contribution is 2.25. The summed E-state index contributed by atoms with van der Waals surface area (Å²) in [6, 6.07) is 14.0. The Bertz CT molecular complexity index is 842. The topological polar surface area (TPSA) is 81.7 Å². The maximum atomic E-state index is 12.2. The molecule has 0 aromatic heterocycles. The Balaban J connectivity index is 1.86. The third-order valence-electron chi connectivity index (χ3n) is 4.12. The van der Waals surface area contributed by atoms with Crippen LogP contribution >= 0.6 is 0 Å². The predicted octanol–water partition coefficient (Wildman–Crippen LogP) is 3.96. The zero-order valence-corrected chi connectivity index (χ0v) is 16.5. The summed E-state index contributed by atoms with van der Waals surface area (Å²) in [5.41, 5.74) is 2.06. The normalized spacial score (nSPS) is 11.6. The summed E-state index contributed by atoms with van der Waals surface area (Å²) in [7, 11) is 0. The van der Waals surface area contributed by atoms with Gasteiger partial charge < -0.3 is 14.8 Å². The Morgan fingerprint density at radius 2 is 1.61 bits per heavy atom. The van der Waals surface area contributed by atoms with Crippen molar-refractivity contribution >= 4 is 23.3 Å². The molecular formula is C22H25NO5. The predicted molar refractivity (Wildman–Crippen MR) is 107 cm³/mol. The monoisotopic (exact) mass is 383 g/mol. The largest absolute Gasteiger partial charge is 0.482 e. The molecule has 2 aromatic rings. The number of ether oxygens (including phenoxy) is 2. The Morgan fingerprint density at radius 1 is 0.964 bits per heavy atom. The lowest BCUT2D eigenvalue weighted by Crippen LogP contribution is -2.31. The van der Waals surface area contributed by atoms with E-state index in [-0.39, 0.29) is 18.3 Å². The minimum Gasteiger partial charge on any atom is -0.482 e. The van der Waals surface area contributed by atoms with Crippen LogP contribution in [-0.4, -0.2) is 30.4 Å². The van der Waals surface area contributed by atoms with Crippen LogP contribution in [0, 0.1) is 0 Å². The van der Waals surface area contributed by atoms with E-state index in [1.807, 2.05) is 32.0 Å². The number of carbonyl (C=O) groups is 3. The van der Waals surface area contributed by atoms with Gasteiger partial charge in [0.2, 0.25) is 0 Å². The lowest BCUT2D eigenvalue weighted by molar-refractivity contribution is -0.155. The number of hydrogen-bond donors (Lipinski definition) is 1. The summed E-state index contributed by atoms with van der Waals surface area (Å²) in [4.78, 5) is 35.5. The van der Waals surface area contributed by atoms with Crippen LogP contribution in [0.2, 0.25) is 0 Å². The molecule has 0 saturated heterocycles. The third kappa shape index (κ3) is 5.94. The fourth-order valence-electron chi connectivity index (χ4n) is 2.54. The van der Waals surface area contributed by atoms with Crippen molar-refractivity contribution in [3.63, 3.8) is 0 Å². The van der Waals surface area contributed by atoms with E-state index in [0.717, 1.165) is 5.56 Å². The molecule has 2 aromatic carbocycles. The summed E-state index contributed by atoms with van der Waals surface area (Å²) < 4.78 is 10.7. The highest BCUT2D eigenvalue weighted by Gasteiger charge is 2.19. The zero-order valence-electron chi connectivity index (χ0n) is 16.5. The number of hydrogen-bond acceptors (Lipinski definition) is 5. The van der Waals surface area contributed by atoms with Crippen LogP contribution in [0.5, 0.6) is 5.75 Å². The molecule has 0 heterocycles. The molecule has 1 atom stereocenters. The van der Waals surface area contributed by atoms with E-state index < -0.39 is 18.0 Å². The van der Waals surface area contributed by atoms with Gasteiger partial charge in [-0.3, -0.25) is 9.59 Å². The number of Topliss-reactive ketones (excluding diaryl/α,β-unsaturated/α-hetero) is 1. The molecule has 0 unspecified atom stereocenters. The molecule has 0 radical (unpaired) electrons. The maximum Gasteiger partial charge on any atom is 0.344 e. The summed E-state index contributed by atoms with van der Waals surface area (Å²) in [6.45, 7) is 6.75. The minimum absolute atomic E-state index is 0.0563. The number of nitrogens with one attached hydrogen (secondary N) is 1. The van der Waals surface area contributed by atoms with Gasteiger partial charge >= 0.3 is 5.97 Å². The van der Waals surface area contributed by atoms with Crippen molar-refractivity contribution in [2.24, 2.45) is 0 Å². The summed E-state index contributed by atoms with van der Waals surface area (Å²) in [5.74, 6) is -0.276. The van der Waals surface area contributed by atoms with Crippen molar-refractivity contribution in [1.29, 1.82) is 0 Å². The van der Waals surface area contributed by atoms with Gasteiger partial charge in [-0.15, -0.1) is 0 Å². The summed E-state index contributed by atoms with van der Waals surface area (Å²) in [5, 5.41) is 2.64. The number of esters is 1. The lowest BCUT2D eigenvalue weighted by Gasteiger charge is -2.16. The molecule has 6 nitrogen and oxygen atoms in total. The molecule has 0 fully saturated rings. The molecule has 0 spiro atoms. The smallest absolute Gasteiger partial charge is 0.344 e. The molecule has 6 heteroatoms. The van der Waals surface area contributed by atoms with Gasteiger partial charge in [0, 0.05) is 11.3 Å². The molecule has 0 aliphatic heterocycles. The second-order valence-corrected chi connectivity index (χ2v) is 6.74. The Morgan fingerprint density at radius 3 is 2.21 bits per heavy atom. The molecule has 28 heavy (non-hydrogen) atoms. The van der Waals surface area contributed by atoms with Crippen LogP contribution in [0.25, 0.3) is 0 Å². The minimum atomic E-state index is -0.982. The SMILES string of the molecule is CC(=O)c1ccc(NC(=O)[C@H](C)OC(=O)COc2ccccc2C(C)C)cc1. The number of carbonyl (C=O) groups excluding carboxylic acids is 3. The molecule has 0 bridgehead atoms. The maximum absolute atomic E-state index is 12.2. The quantitative estimate of drug-likeness (QED) is 0.551. The van der Waals surface area contributed by atoms with Crippen LogP contribution in [-0.2, 0) is 14.3 Å². The van der Waals surface area contributed by atoms with Gasteiger partial charge in [-0.2, -0.15) is 0 Å². The first-order valence-electron chi connectivity index (χ1n) is 9.11. The van der Waals surface area contributed by atoms with Crippen molar-refractivity contribution in [2.45, 2.75) is 39.7 Å². The molecule has 0 aliphatic carbocycles. The number of anilines is 1. The standard InChI is InChI=1S/C22H25NO5/c1-14(2)19-7-5-6-8-20(19)27-13-21(25)28-16(4)22(26)23-18-11-9-17(10-12-18)15(3)24/h5-12,14,16H,13H2,1-4H3,(H,23,26)/t16-/m0/s1. The van der Waals surface area contributed by atoms with E-state index in [0.29, 0.717) is 17.0 Å². The van der Waals surface area contributed by atoms with Crippen molar-refractivity contribution < 1.29 is 23.9 Å². The Labute approximate surface area is 164 Å². The highest BCUT2D eigenvalue weighted by molar-refractivity contribution is 5.97.